The SMILES string of the molecule is CC/C=C/C/C=C/CCCCCCCC(=O)OC(COCCC(C(=O)O)[N+](C)(C)C)COC(=O)CC/C=C/C/C=C/CCCCCCCC. The molecule has 0 spiro atoms. The molecular formula is C41H72NO7+. The van der Waals surface area contributed by atoms with E-state index in [9.17, 15) is 19.5 Å². The Balaban J connectivity index is 4.53. The van der Waals surface area contributed by atoms with Gasteiger partial charge in [0.25, 0.3) is 0 Å². The lowest BCUT2D eigenvalue weighted by molar-refractivity contribution is -0.887. The van der Waals surface area contributed by atoms with Gasteiger partial charge in [-0.2, -0.15) is 0 Å². The van der Waals surface area contributed by atoms with Crippen molar-refractivity contribution in [3.63, 3.8) is 0 Å². The fraction of sp³-hybridized carbons (Fsp3) is 0.732. The predicted molar refractivity (Wildman–Crippen MR) is 201 cm³/mol. The molecule has 0 bridgehead atoms. The summed E-state index contributed by atoms with van der Waals surface area (Å²) >= 11 is 0. The number of carboxylic acids is 1. The first kappa shape index (κ1) is 46.3. The highest BCUT2D eigenvalue weighted by Crippen LogP contribution is 2.12. The van der Waals surface area contributed by atoms with Crippen LogP contribution < -0.4 is 0 Å². The van der Waals surface area contributed by atoms with Crippen LogP contribution in [0.5, 0.6) is 0 Å². The Morgan fingerprint density at radius 1 is 0.633 bits per heavy atom. The lowest BCUT2D eigenvalue weighted by atomic mass is 10.1. The third-order valence-corrected chi connectivity index (χ3v) is 8.23. The molecule has 0 aliphatic heterocycles. The first-order valence-corrected chi connectivity index (χ1v) is 19.2. The first-order chi connectivity index (χ1) is 23.6. The van der Waals surface area contributed by atoms with Crippen LogP contribution in [0.2, 0.25) is 0 Å². The van der Waals surface area contributed by atoms with Crippen molar-refractivity contribution < 1.29 is 38.2 Å². The van der Waals surface area contributed by atoms with Crippen LogP contribution in [0.3, 0.4) is 0 Å². The van der Waals surface area contributed by atoms with Crippen LogP contribution >= 0.6 is 0 Å². The normalized spacial score (nSPS) is 13.6. The van der Waals surface area contributed by atoms with Gasteiger partial charge in [0.05, 0.1) is 34.4 Å². The van der Waals surface area contributed by atoms with Gasteiger partial charge < -0.3 is 23.8 Å². The fourth-order valence-corrected chi connectivity index (χ4v) is 5.24. The molecule has 0 aromatic heterocycles. The molecule has 8 heteroatoms. The van der Waals surface area contributed by atoms with E-state index in [1.807, 2.05) is 27.2 Å². The molecular weight excluding hydrogens is 618 g/mol. The molecule has 2 atom stereocenters. The van der Waals surface area contributed by atoms with Gasteiger partial charge in [-0.05, 0) is 57.8 Å². The monoisotopic (exact) mass is 691 g/mol. The lowest BCUT2D eigenvalue weighted by Gasteiger charge is -2.31. The summed E-state index contributed by atoms with van der Waals surface area (Å²) in [5, 5.41) is 9.57. The zero-order valence-electron chi connectivity index (χ0n) is 31.9. The van der Waals surface area contributed by atoms with Crippen molar-refractivity contribution in [2.75, 3.05) is 41.0 Å². The number of nitrogens with zero attached hydrogens (tertiary/aromatic N) is 1. The number of unbranched alkanes of at least 4 members (excludes halogenated alkanes) is 11. The van der Waals surface area contributed by atoms with Crippen LogP contribution in [-0.2, 0) is 28.6 Å². The molecule has 0 aliphatic carbocycles. The molecule has 0 aromatic rings. The Morgan fingerprint density at radius 2 is 1.18 bits per heavy atom. The molecule has 0 saturated carbocycles. The molecule has 0 aliphatic rings. The van der Waals surface area contributed by atoms with E-state index in [0.717, 1.165) is 64.2 Å². The van der Waals surface area contributed by atoms with Crippen molar-refractivity contribution in [2.45, 2.75) is 154 Å². The standard InChI is InChI=1S/C41H71NO7/c1-6-8-10-12-14-16-18-20-22-23-25-27-29-31-39(43)48-36-37(35-47-34-33-38(41(45)46)42(3,4)5)49-40(44)32-30-28-26-24-21-19-17-15-13-11-9-7-2/h9,11,15,17,20,22,25,27,37-38H,6-8,10,12-14,16,18-19,21,23-24,26,28-36H2,1-5H3/p+1/b11-9+,17-15+,22-20+,27-25+. The zero-order valence-corrected chi connectivity index (χ0v) is 31.9. The van der Waals surface area contributed by atoms with Gasteiger partial charge in [0.15, 0.2) is 12.1 Å². The molecule has 0 saturated heterocycles. The number of carbonyl (C=O) groups excluding carboxylic acids is 2. The zero-order chi connectivity index (χ0) is 36.4. The molecule has 8 nitrogen and oxygen atoms in total. The predicted octanol–water partition coefficient (Wildman–Crippen LogP) is 9.68. The Kier molecular flexibility index (Phi) is 30.7. The Labute approximate surface area is 299 Å². The van der Waals surface area contributed by atoms with Crippen LogP contribution in [-0.4, -0.2) is 80.6 Å². The Hall–Kier alpha value is -2.71. The van der Waals surface area contributed by atoms with E-state index in [1.165, 1.54) is 38.5 Å². The van der Waals surface area contributed by atoms with E-state index in [1.54, 1.807) is 0 Å². The number of hydrogen-bond donors (Lipinski definition) is 1. The van der Waals surface area contributed by atoms with Gasteiger partial charge in [-0.25, -0.2) is 4.79 Å². The summed E-state index contributed by atoms with van der Waals surface area (Å²) in [7, 11) is 5.49. The van der Waals surface area contributed by atoms with Crippen LogP contribution in [0.4, 0.5) is 0 Å². The lowest BCUT2D eigenvalue weighted by Crippen LogP contribution is -2.50. The van der Waals surface area contributed by atoms with E-state index in [-0.39, 0.29) is 42.7 Å². The van der Waals surface area contributed by atoms with Crippen molar-refractivity contribution >= 4 is 17.9 Å². The maximum Gasteiger partial charge on any atom is 0.362 e. The fourth-order valence-electron chi connectivity index (χ4n) is 5.24. The summed E-state index contributed by atoms with van der Waals surface area (Å²) in [5.74, 6) is -1.58. The molecule has 0 rings (SSSR count). The van der Waals surface area contributed by atoms with Gasteiger partial charge in [-0.15, -0.1) is 0 Å². The number of esters is 2. The number of allylic oxidation sites excluding steroid dienone is 8. The first-order valence-electron chi connectivity index (χ1n) is 19.2. The Bertz CT molecular complexity index is 948. The summed E-state index contributed by atoms with van der Waals surface area (Å²) in [4.78, 5) is 36.7. The summed E-state index contributed by atoms with van der Waals surface area (Å²) in [5.41, 5.74) is 0. The number of quaternary nitrogens is 1. The molecule has 0 amide bonds. The molecule has 1 N–H and O–H groups in total. The van der Waals surface area contributed by atoms with Gasteiger partial charge in [0.2, 0.25) is 0 Å². The topological polar surface area (TPSA) is 99.1 Å². The Morgan fingerprint density at radius 3 is 1.76 bits per heavy atom. The summed E-state index contributed by atoms with van der Waals surface area (Å²) in [6.45, 7) is 4.51. The second-order valence-corrected chi connectivity index (χ2v) is 13.8. The van der Waals surface area contributed by atoms with E-state index in [4.69, 9.17) is 14.2 Å². The third kappa shape index (κ3) is 31.0. The smallest absolute Gasteiger partial charge is 0.362 e. The molecule has 49 heavy (non-hydrogen) atoms. The van der Waals surface area contributed by atoms with Gasteiger partial charge in [0.1, 0.15) is 6.61 Å². The molecule has 0 aromatic carbocycles. The molecule has 0 radical (unpaired) electrons. The average Bonchev–Trinajstić information content (AvgIpc) is 3.05. The number of carbonyl (C=O) groups is 3. The van der Waals surface area contributed by atoms with E-state index in [2.05, 4.69) is 56.4 Å². The van der Waals surface area contributed by atoms with E-state index < -0.39 is 18.1 Å². The number of carboxylic acid groups (broad SMARTS) is 1. The van der Waals surface area contributed by atoms with Crippen LogP contribution in [0.25, 0.3) is 0 Å². The van der Waals surface area contributed by atoms with Crippen molar-refractivity contribution in [3.8, 4) is 0 Å². The quantitative estimate of drug-likeness (QED) is 0.0317. The van der Waals surface area contributed by atoms with Crippen LogP contribution in [0, 0.1) is 0 Å². The highest BCUT2D eigenvalue weighted by molar-refractivity contribution is 5.72. The van der Waals surface area contributed by atoms with Crippen LogP contribution in [0.15, 0.2) is 48.6 Å². The number of likely N-dealkylation sites (N-methyl/N-ethyl adjacent to an activating group) is 1. The van der Waals surface area contributed by atoms with E-state index in [0.29, 0.717) is 19.3 Å². The minimum absolute atomic E-state index is 0.0369. The number of hydrogen-bond acceptors (Lipinski definition) is 6. The van der Waals surface area contributed by atoms with Crippen molar-refractivity contribution in [2.24, 2.45) is 0 Å². The van der Waals surface area contributed by atoms with Gasteiger partial charge in [-0.1, -0.05) is 114 Å². The van der Waals surface area contributed by atoms with Gasteiger partial charge >= 0.3 is 17.9 Å². The van der Waals surface area contributed by atoms with Crippen molar-refractivity contribution in [1.82, 2.24) is 0 Å². The second-order valence-electron chi connectivity index (χ2n) is 13.8. The molecule has 2 unspecified atom stereocenters. The number of ether oxygens (including phenoxy) is 3. The highest BCUT2D eigenvalue weighted by Gasteiger charge is 2.31. The molecule has 0 fully saturated rings. The van der Waals surface area contributed by atoms with Gasteiger partial charge in [-0.3, -0.25) is 9.59 Å². The van der Waals surface area contributed by atoms with E-state index >= 15 is 0 Å². The summed E-state index contributed by atoms with van der Waals surface area (Å²) in [6, 6.07) is -0.623. The molecule has 282 valence electrons. The number of aliphatic carboxylic acids is 1. The van der Waals surface area contributed by atoms with Gasteiger partial charge in [0, 0.05) is 19.3 Å². The minimum atomic E-state index is -0.887. The summed E-state index contributed by atoms with van der Waals surface area (Å²) < 4.78 is 17.1. The maximum absolute atomic E-state index is 12.6. The highest BCUT2D eigenvalue weighted by atomic mass is 16.6. The largest absolute Gasteiger partial charge is 0.477 e. The minimum Gasteiger partial charge on any atom is -0.477 e. The third-order valence-electron chi connectivity index (χ3n) is 8.23. The number of rotatable bonds is 33. The van der Waals surface area contributed by atoms with Crippen LogP contribution in [0.1, 0.15) is 142 Å². The summed E-state index contributed by atoms with van der Waals surface area (Å²) in [6.07, 6.45) is 36.0. The molecule has 0 heterocycles. The maximum atomic E-state index is 12.6. The average molecular weight is 691 g/mol. The van der Waals surface area contributed by atoms with Crippen molar-refractivity contribution in [3.05, 3.63) is 48.6 Å². The second kappa shape index (κ2) is 32.5. The van der Waals surface area contributed by atoms with Crippen molar-refractivity contribution in [1.29, 1.82) is 0 Å².